The van der Waals surface area contributed by atoms with Crippen molar-refractivity contribution in [3.05, 3.63) is 35.9 Å². The molecule has 1 aromatic rings. The number of carbonyl (C=O) groups is 2. The van der Waals surface area contributed by atoms with Gasteiger partial charge in [0.2, 0.25) is 0 Å². The Morgan fingerprint density at radius 3 is 2.04 bits per heavy atom. The minimum atomic E-state index is -0.729. The van der Waals surface area contributed by atoms with Crippen LogP contribution in [0.25, 0.3) is 0 Å². The van der Waals surface area contributed by atoms with E-state index >= 15 is 0 Å². The van der Waals surface area contributed by atoms with Crippen LogP contribution in [0.4, 0.5) is 0 Å². The normalized spacial score (nSPS) is 12.0. The Morgan fingerprint density at radius 2 is 1.43 bits per heavy atom. The smallest absolute Gasteiger partial charge is 0.306 e. The molecule has 1 rings (SSSR count). The Morgan fingerprint density at radius 1 is 0.826 bits per heavy atom. The molecule has 1 aromatic carbocycles. The van der Waals surface area contributed by atoms with Crippen molar-refractivity contribution in [3.8, 4) is 0 Å². The van der Waals surface area contributed by atoms with Gasteiger partial charge >= 0.3 is 11.9 Å². The summed E-state index contributed by atoms with van der Waals surface area (Å²) in [6.45, 7) is 0. The standard InChI is InChI=1S/C19H28O4/c20-18(21)13-9-4-2-1-3-8-12-17(19(22)23)15-14-16-10-6-5-7-11-16/h5-7,10-11,17H,1-4,8-9,12-15H2,(H,20,21)(H,22,23). The van der Waals surface area contributed by atoms with Gasteiger partial charge in [0.15, 0.2) is 0 Å². The maximum atomic E-state index is 11.3. The number of hydrogen-bond acceptors (Lipinski definition) is 2. The van der Waals surface area contributed by atoms with Crippen LogP contribution in [0.3, 0.4) is 0 Å². The number of carboxylic acids is 2. The number of aliphatic carboxylic acids is 2. The molecule has 1 atom stereocenters. The molecule has 0 radical (unpaired) electrons. The van der Waals surface area contributed by atoms with E-state index < -0.39 is 11.9 Å². The zero-order chi connectivity index (χ0) is 16.9. The predicted molar refractivity (Wildman–Crippen MR) is 90.5 cm³/mol. The number of unbranched alkanes of at least 4 members (excludes halogenated alkanes) is 5. The van der Waals surface area contributed by atoms with Gasteiger partial charge in [-0.25, -0.2) is 0 Å². The third-order valence-corrected chi connectivity index (χ3v) is 4.17. The third kappa shape index (κ3) is 9.72. The fourth-order valence-corrected chi connectivity index (χ4v) is 2.75. The van der Waals surface area contributed by atoms with Crippen LogP contribution in [-0.2, 0) is 16.0 Å². The molecule has 0 amide bonds. The Bertz CT molecular complexity index is 456. The first kappa shape index (κ1) is 19.2. The molecule has 0 saturated carbocycles. The summed E-state index contributed by atoms with van der Waals surface area (Å²) in [6, 6.07) is 10.0. The molecule has 0 heterocycles. The molecule has 0 spiro atoms. The van der Waals surface area contributed by atoms with Gasteiger partial charge < -0.3 is 10.2 Å². The second kappa shape index (κ2) is 11.7. The second-order valence-corrected chi connectivity index (χ2v) is 6.11. The molecule has 23 heavy (non-hydrogen) atoms. The average molecular weight is 320 g/mol. The molecule has 0 aliphatic rings. The summed E-state index contributed by atoms with van der Waals surface area (Å²) >= 11 is 0. The van der Waals surface area contributed by atoms with Gasteiger partial charge in [-0.05, 0) is 31.2 Å². The molecule has 1 unspecified atom stereocenters. The zero-order valence-electron chi connectivity index (χ0n) is 13.7. The lowest BCUT2D eigenvalue weighted by Gasteiger charge is -2.12. The van der Waals surface area contributed by atoms with Crippen molar-refractivity contribution in [2.24, 2.45) is 5.92 Å². The van der Waals surface area contributed by atoms with E-state index in [0.29, 0.717) is 6.42 Å². The molecule has 0 aromatic heterocycles. The van der Waals surface area contributed by atoms with Crippen LogP contribution in [-0.4, -0.2) is 22.2 Å². The molecule has 0 fully saturated rings. The quantitative estimate of drug-likeness (QED) is 0.524. The molecule has 0 saturated heterocycles. The minimum Gasteiger partial charge on any atom is -0.481 e. The topological polar surface area (TPSA) is 74.6 Å². The number of rotatable bonds is 13. The van der Waals surface area contributed by atoms with Crippen molar-refractivity contribution in [1.82, 2.24) is 0 Å². The van der Waals surface area contributed by atoms with Crippen molar-refractivity contribution in [2.75, 3.05) is 0 Å². The van der Waals surface area contributed by atoms with Crippen LogP contribution >= 0.6 is 0 Å². The number of carboxylic acid groups (broad SMARTS) is 2. The van der Waals surface area contributed by atoms with Crippen LogP contribution in [0.5, 0.6) is 0 Å². The summed E-state index contributed by atoms with van der Waals surface area (Å²) in [5.74, 6) is -1.68. The van der Waals surface area contributed by atoms with Gasteiger partial charge in [-0.3, -0.25) is 9.59 Å². The summed E-state index contributed by atoms with van der Waals surface area (Å²) in [5.41, 5.74) is 1.19. The van der Waals surface area contributed by atoms with Gasteiger partial charge in [0.05, 0.1) is 5.92 Å². The van der Waals surface area contributed by atoms with Crippen LogP contribution < -0.4 is 0 Å². The largest absolute Gasteiger partial charge is 0.481 e. The molecule has 4 nitrogen and oxygen atoms in total. The Kier molecular flexibility index (Phi) is 9.76. The van der Waals surface area contributed by atoms with Crippen LogP contribution in [0.15, 0.2) is 30.3 Å². The summed E-state index contributed by atoms with van der Waals surface area (Å²) in [7, 11) is 0. The van der Waals surface area contributed by atoms with Crippen LogP contribution in [0.1, 0.15) is 63.4 Å². The second-order valence-electron chi connectivity index (χ2n) is 6.11. The molecule has 4 heteroatoms. The lowest BCUT2D eigenvalue weighted by molar-refractivity contribution is -0.142. The maximum absolute atomic E-state index is 11.3. The van der Waals surface area contributed by atoms with Crippen molar-refractivity contribution < 1.29 is 19.8 Å². The van der Waals surface area contributed by atoms with E-state index in [2.05, 4.69) is 0 Å². The molecular weight excluding hydrogens is 292 g/mol. The predicted octanol–water partition coefficient (Wildman–Crippen LogP) is 4.53. The molecule has 0 aliphatic heterocycles. The van der Waals surface area contributed by atoms with E-state index in [1.54, 1.807) is 0 Å². The average Bonchev–Trinajstić information content (AvgIpc) is 2.53. The van der Waals surface area contributed by atoms with Crippen LogP contribution in [0.2, 0.25) is 0 Å². The Balaban J connectivity index is 2.11. The lowest BCUT2D eigenvalue weighted by atomic mass is 9.94. The summed E-state index contributed by atoms with van der Waals surface area (Å²) in [4.78, 5) is 21.7. The molecule has 0 bridgehead atoms. The van der Waals surface area contributed by atoms with Gasteiger partial charge in [0.25, 0.3) is 0 Å². The van der Waals surface area contributed by atoms with Gasteiger partial charge in [0, 0.05) is 6.42 Å². The van der Waals surface area contributed by atoms with E-state index in [1.807, 2.05) is 30.3 Å². The van der Waals surface area contributed by atoms with Crippen molar-refractivity contribution in [2.45, 2.75) is 64.2 Å². The van der Waals surface area contributed by atoms with E-state index in [4.69, 9.17) is 5.11 Å². The first-order valence-electron chi connectivity index (χ1n) is 8.58. The molecular formula is C19H28O4. The highest BCUT2D eigenvalue weighted by molar-refractivity contribution is 5.69. The van der Waals surface area contributed by atoms with Gasteiger partial charge in [-0.2, -0.15) is 0 Å². The number of benzene rings is 1. The first-order chi connectivity index (χ1) is 11.1. The first-order valence-corrected chi connectivity index (χ1v) is 8.58. The van der Waals surface area contributed by atoms with E-state index in [-0.39, 0.29) is 12.3 Å². The highest BCUT2D eigenvalue weighted by Crippen LogP contribution is 2.18. The van der Waals surface area contributed by atoms with Crippen LogP contribution in [0, 0.1) is 5.92 Å². The fraction of sp³-hybridized carbons (Fsp3) is 0.579. The molecule has 0 aliphatic carbocycles. The highest BCUT2D eigenvalue weighted by Gasteiger charge is 2.16. The van der Waals surface area contributed by atoms with Crippen molar-refractivity contribution in [3.63, 3.8) is 0 Å². The maximum Gasteiger partial charge on any atom is 0.306 e. The Labute approximate surface area is 138 Å². The summed E-state index contributed by atoms with van der Waals surface area (Å²) < 4.78 is 0. The molecule has 2 N–H and O–H groups in total. The SMILES string of the molecule is O=C(O)CCCCCCCCC(CCc1ccccc1)C(=O)O. The monoisotopic (exact) mass is 320 g/mol. The van der Waals surface area contributed by atoms with E-state index in [0.717, 1.165) is 51.4 Å². The van der Waals surface area contributed by atoms with E-state index in [1.165, 1.54) is 5.56 Å². The minimum absolute atomic E-state index is 0.251. The zero-order valence-corrected chi connectivity index (χ0v) is 13.7. The highest BCUT2D eigenvalue weighted by atomic mass is 16.4. The van der Waals surface area contributed by atoms with Gasteiger partial charge in [-0.15, -0.1) is 0 Å². The van der Waals surface area contributed by atoms with Crippen molar-refractivity contribution >= 4 is 11.9 Å². The van der Waals surface area contributed by atoms with E-state index in [9.17, 15) is 14.7 Å². The molecule has 128 valence electrons. The van der Waals surface area contributed by atoms with Crippen molar-refractivity contribution in [1.29, 1.82) is 0 Å². The third-order valence-electron chi connectivity index (χ3n) is 4.17. The number of hydrogen-bond donors (Lipinski definition) is 2. The van der Waals surface area contributed by atoms with Gasteiger partial charge in [0.1, 0.15) is 0 Å². The fourth-order valence-electron chi connectivity index (χ4n) is 2.75. The van der Waals surface area contributed by atoms with Gasteiger partial charge in [-0.1, -0.05) is 62.4 Å². The summed E-state index contributed by atoms with van der Waals surface area (Å²) in [6.07, 6.45) is 8.24. The number of aryl methyl sites for hydroxylation is 1. The Hall–Kier alpha value is -1.84. The lowest BCUT2D eigenvalue weighted by Crippen LogP contribution is -2.14. The summed E-state index contributed by atoms with van der Waals surface area (Å²) in [5, 5.41) is 17.9.